The monoisotopic (exact) mass is 370 g/mol. The molecule has 136 valence electrons. The van der Waals surface area contributed by atoms with Crippen LogP contribution in [0.15, 0.2) is 78.2 Å². The second kappa shape index (κ2) is 11.5. The lowest BCUT2D eigenvalue weighted by Gasteiger charge is -2.08. The number of halogens is 1. The number of aromatic nitrogens is 1. The Balaban J connectivity index is 0.000000313. The van der Waals surface area contributed by atoms with Crippen molar-refractivity contribution in [1.82, 2.24) is 4.98 Å². The summed E-state index contributed by atoms with van der Waals surface area (Å²) in [5.74, 6) is 0. The van der Waals surface area contributed by atoms with Gasteiger partial charge in [0.05, 0.1) is 0 Å². The number of hydrogen-bond donors (Lipinski definition) is 3. The number of nitrogen functional groups attached to an aromatic ring is 2. The molecule has 0 unspecified atom stereocenters. The van der Waals surface area contributed by atoms with Crippen molar-refractivity contribution < 1.29 is 5.21 Å². The third-order valence-electron chi connectivity index (χ3n) is 3.12. The van der Waals surface area contributed by atoms with Crippen LogP contribution in [0, 0.1) is 0 Å². The van der Waals surface area contributed by atoms with Gasteiger partial charge in [0.2, 0.25) is 0 Å². The Labute approximate surface area is 158 Å². The van der Waals surface area contributed by atoms with Gasteiger partial charge in [0.25, 0.3) is 0 Å². The molecule has 1 aromatic heterocycles. The molecule has 26 heavy (non-hydrogen) atoms. The van der Waals surface area contributed by atoms with Gasteiger partial charge in [-0.3, -0.25) is 4.98 Å². The first-order valence-electron chi connectivity index (χ1n) is 8.10. The molecule has 0 aliphatic carbocycles. The van der Waals surface area contributed by atoms with Gasteiger partial charge in [-0.15, -0.1) is 0 Å². The van der Waals surface area contributed by atoms with E-state index in [0.29, 0.717) is 22.0 Å². The van der Waals surface area contributed by atoms with E-state index in [2.05, 4.69) is 10.1 Å². The number of anilines is 2. The van der Waals surface area contributed by atoms with E-state index in [9.17, 15) is 0 Å². The van der Waals surface area contributed by atoms with Crippen LogP contribution in [0.25, 0.3) is 0 Å². The van der Waals surface area contributed by atoms with Crippen molar-refractivity contribution in [3.05, 3.63) is 89.2 Å². The predicted octanol–water partition coefficient (Wildman–Crippen LogP) is 4.84. The van der Waals surface area contributed by atoms with Crippen LogP contribution in [0.4, 0.5) is 11.4 Å². The lowest BCUT2D eigenvalue weighted by atomic mass is 10.0. The fraction of sp³-hybridized carbons (Fsp3) is 0.100. The van der Waals surface area contributed by atoms with Gasteiger partial charge in [0.1, 0.15) is 5.71 Å². The Kier molecular flexibility index (Phi) is 9.28. The van der Waals surface area contributed by atoms with E-state index in [4.69, 9.17) is 28.3 Å². The van der Waals surface area contributed by atoms with E-state index in [0.717, 1.165) is 11.3 Å². The number of benzene rings is 2. The summed E-state index contributed by atoms with van der Waals surface area (Å²) >= 11 is 5.91. The van der Waals surface area contributed by atoms with Gasteiger partial charge in [-0.2, -0.15) is 0 Å². The molecule has 0 fully saturated rings. The van der Waals surface area contributed by atoms with Crippen molar-refractivity contribution >= 4 is 28.7 Å². The van der Waals surface area contributed by atoms with E-state index < -0.39 is 0 Å². The maximum atomic E-state index is 9.14. The lowest BCUT2D eigenvalue weighted by molar-refractivity contribution is 0.319. The van der Waals surface area contributed by atoms with Crippen LogP contribution in [-0.2, 0) is 0 Å². The molecule has 0 aliphatic rings. The minimum atomic E-state index is 0.408. The molecule has 5 nitrogen and oxygen atoms in total. The first kappa shape index (κ1) is 21.0. The standard InChI is InChI=1S/C13H11ClN2O.C5H6N2.C2H6/c14-10-6-7-12(15)11(8-10)13(16-17)9-4-2-1-3-5-9;6-5-1-3-7-4-2-5;1-2/h1-8,17H,15H2;1-4H,(H2,6,7);1-2H3/b16-13+;;. The number of pyridine rings is 1. The van der Waals surface area contributed by atoms with E-state index in [-0.39, 0.29) is 0 Å². The van der Waals surface area contributed by atoms with Crippen LogP contribution in [-0.4, -0.2) is 15.9 Å². The third kappa shape index (κ3) is 6.45. The van der Waals surface area contributed by atoms with Crippen molar-refractivity contribution in [1.29, 1.82) is 0 Å². The summed E-state index contributed by atoms with van der Waals surface area (Å²) in [6.07, 6.45) is 3.32. The van der Waals surface area contributed by atoms with Crippen molar-refractivity contribution in [2.75, 3.05) is 11.5 Å². The number of rotatable bonds is 2. The molecule has 0 saturated carbocycles. The first-order valence-corrected chi connectivity index (χ1v) is 8.48. The normalized spacial score (nSPS) is 10.0. The molecule has 1 heterocycles. The molecule has 5 N–H and O–H groups in total. The van der Waals surface area contributed by atoms with Gasteiger partial charge in [0.15, 0.2) is 0 Å². The largest absolute Gasteiger partial charge is 0.410 e. The quantitative estimate of drug-likeness (QED) is 0.260. The van der Waals surface area contributed by atoms with Crippen molar-refractivity contribution in [2.45, 2.75) is 13.8 Å². The average Bonchev–Trinajstić information content (AvgIpc) is 2.69. The van der Waals surface area contributed by atoms with Gasteiger partial charge >= 0.3 is 0 Å². The van der Waals surface area contributed by atoms with Crippen LogP contribution < -0.4 is 11.5 Å². The van der Waals surface area contributed by atoms with Gasteiger partial charge < -0.3 is 16.7 Å². The lowest BCUT2D eigenvalue weighted by Crippen LogP contribution is -2.06. The third-order valence-corrected chi connectivity index (χ3v) is 3.36. The Morgan fingerprint density at radius 2 is 1.58 bits per heavy atom. The maximum absolute atomic E-state index is 9.14. The summed E-state index contributed by atoms with van der Waals surface area (Å²) in [4.78, 5) is 3.77. The summed E-state index contributed by atoms with van der Waals surface area (Å²) in [5.41, 5.74) is 14.3. The molecule has 0 amide bonds. The van der Waals surface area contributed by atoms with Crippen LogP contribution in [0.5, 0.6) is 0 Å². The molecular weight excluding hydrogens is 348 g/mol. The highest BCUT2D eigenvalue weighted by atomic mass is 35.5. The highest BCUT2D eigenvalue weighted by molar-refractivity contribution is 6.31. The van der Waals surface area contributed by atoms with Gasteiger partial charge in [-0.05, 0) is 30.3 Å². The minimum absolute atomic E-state index is 0.408. The second-order valence-electron chi connectivity index (χ2n) is 4.83. The molecule has 0 bridgehead atoms. The maximum Gasteiger partial charge on any atom is 0.119 e. The van der Waals surface area contributed by atoms with Crippen LogP contribution in [0.2, 0.25) is 5.02 Å². The number of nitrogens with two attached hydrogens (primary N) is 2. The molecule has 3 aromatic rings. The molecule has 0 atom stereocenters. The van der Waals surface area contributed by atoms with Gasteiger partial charge in [0, 0.05) is 39.9 Å². The fourth-order valence-electron chi connectivity index (χ4n) is 1.96. The average molecular weight is 371 g/mol. The number of hydrogen-bond acceptors (Lipinski definition) is 5. The Bertz CT molecular complexity index is 809. The Morgan fingerprint density at radius 1 is 0.962 bits per heavy atom. The molecule has 3 rings (SSSR count). The zero-order valence-corrected chi connectivity index (χ0v) is 15.6. The molecule has 0 radical (unpaired) electrons. The van der Waals surface area contributed by atoms with Gasteiger partial charge in [-0.25, -0.2) is 0 Å². The zero-order valence-electron chi connectivity index (χ0n) is 14.8. The topological polar surface area (TPSA) is 97.5 Å². The van der Waals surface area contributed by atoms with E-state index in [1.54, 1.807) is 42.7 Å². The van der Waals surface area contributed by atoms with Crippen molar-refractivity contribution in [2.24, 2.45) is 5.16 Å². The summed E-state index contributed by atoms with van der Waals surface area (Å²) in [7, 11) is 0. The Morgan fingerprint density at radius 3 is 2.08 bits per heavy atom. The van der Waals surface area contributed by atoms with E-state index in [1.807, 2.05) is 44.2 Å². The minimum Gasteiger partial charge on any atom is -0.410 e. The molecule has 2 aromatic carbocycles. The molecule has 0 saturated heterocycles. The number of oxime groups is 1. The van der Waals surface area contributed by atoms with Crippen LogP contribution in [0.3, 0.4) is 0 Å². The predicted molar refractivity (Wildman–Crippen MR) is 110 cm³/mol. The first-order chi connectivity index (χ1) is 12.6. The second-order valence-corrected chi connectivity index (χ2v) is 5.26. The van der Waals surface area contributed by atoms with E-state index >= 15 is 0 Å². The molecule has 0 spiro atoms. The highest BCUT2D eigenvalue weighted by Gasteiger charge is 2.11. The highest BCUT2D eigenvalue weighted by Crippen LogP contribution is 2.21. The summed E-state index contributed by atoms with van der Waals surface area (Å²) in [6.45, 7) is 4.00. The zero-order chi connectivity index (χ0) is 19.4. The van der Waals surface area contributed by atoms with Crippen LogP contribution in [0.1, 0.15) is 25.0 Å². The van der Waals surface area contributed by atoms with Crippen molar-refractivity contribution in [3.63, 3.8) is 0 Å². The molecule has 6 heteroatoms. The summed E-state index contributed by atoms with van der Waals surface area (Å²) in [5, 5.41) is 13.0. The summed E-state index contributed by atoms with van der Waals surface area (Å²) < 4.78 is 0. The smallest absolute Gasteiger partial charge is 0.119 e. The van der Waals surface area contributed by atoms with Crippen molar-refractivity contribution in [3.8, 4) is 0 Å². The van der Waals surface area contributed by atoms with E-state index in [1.165, 1.54) is 0 Å². The van der Waals surface area contributed by atoms with Crippen LogP contribution >= 0.6 is 11.6 Å². The molecular formula is C20H23ClN4O. The fourth-order valence-corrected chi connectivity index (χ4v) is 2.13. The number of nitrogens with zero attached hydrogens (tertiary/aromatic N) is 2. The summed E-state index contributed by atoms with van der Waals surface area (Å²) in [6, 6.07) is 17.9. The molecule has 0 aliphatic heterocycles. The SMILES string of the molecule is CC.Nc1ccc(Cl)cc1/C(=N/O)c1ccccc1.Nc1ccncc1. The van der Waals surface area contributed by atoms with Gasteiger partial charge in [-0.1, -0.05) is 60.9 Å². The Hall–Kier alpha value is -3.05.